The topological polar surface area (TPSA) is 68.3 Å². The molecule has 2 aromatic heterocycles. The molecule has 154 valence electrons. The predicted octanol–water partition coefficient (Wildman–Crippen LogP) is 5.21. The van der Waals surface area contributed by atoms with Gasteiger partial charge >= 0.3 is 0 Å². The lowest BCUT2D eigenvalue weighted by Gasteiger charge is -2.16. The second kappa shape index (κ2) is 9.71. The van der Waals surface area contributed by atoms with Crippen molar-refractivity contribution in [1.82, 2.24) is 14.7 Å². The minimum atomic E-state index is 0.375. The molecule has 0 amide bonds. The van der Waals surface area contributed by atoms with E-state index in [1.165, 1.54) is 0 Å². The summed E-state index contributed by atoms with van der Waals surface area (Å²) in [5.41, 5.74) is 2.07. The number of halogens is 2. The molecule has 0 atom stereocenters. The van der Waals surface area contributed by atoms with Gasteiger partial charge in [-0.2, -0.15) is 0 Å². The zero-order valence-corrected chi connectivity index (χ0v) is 18.9. The Kier molecular flexibility index (Phi) is 7.29. The molecule has 0 aliphatic rings. The molecule has 0 spiro atoms. The quantitative estimate of drug-likeness (QED) is 0.359. The molecule has 29 heavy (non-hydrogen) atoms. The van der Waals surface area contributed by atoms with Crippen LogP contribution in [0.3, 0.4) is 0 Å². The number of nitrogens with one attached hydrogen (secondary N) is 2. The van der Waals surface area contributed by atoms with Crippen molar-refractivity contribution < 1.29 is 9.47 Å². The number of methoxy groups -OCH3 is 2. The number of aryl methyl sites for hydroxylation is 1. The molecular formula is C20H22Cl2N4O2S. The molecule has 9 heteroatoms. The van der Waals surface area contributed by atoms with Crippen LogP contribution in [0.1, 0.15) is 5.69 Å². The van der Waals surface area contributed by atoms with Crippen LogP contribution in [0.2, 0.25) is 10.0 Å². The van der Waals surface area contributed by atoms with Gasteiger partial charge in [0.15, 0.2) is 0 Å². The highest BCUT2D eigenvalue weighted by atomic mass is 35.5. The van der Waals surface area contributed by atoms with Gasteiger partial charge in [-0.3, -0.25) is 9.71 Å². The van der Waals surface area contributed by atoms with Crippen LogP contribution in [0.15, 0.2) is 24.4 Å². The number of benzene rings is 1. The van der Waals surface area contributed by atoms with Gasteiger partial charge in [0, 0.05) is 47.4 Å². The van der Waals surface area contributed by atoms with E-state index in [2.05, 4.69) is 15.0 Å². The molecule has 0 saturated carbocycles. The zero-order chi connectivity index (χ0) is 21.0. The highest BCUT2D eigenvalue weighted by Gasteiger charge is 2.21. The normalized spacial score (nSPS) is 11.0. The Morgan fingerprint density at radius 1 is 1.03 bits per heavy atom. The summed E-state index contributed by atoms with van der Waals surface area (Å²) in [7, 11) is 3.09. The maximum atomic E-state index is 6.60. The monoisotopic (exact) mass is 452 g/mol. The fourth-order valence-corrected chi connectivity index (χ4v) is 3.96. The summed E-state index contributed by atoms with van der Waals surface area (Å²) in [6.45, 7) is 3.44. The standard InChI is InChI=1S/C20H22Cl2N4O2S/c1-11-7-13-12(10-24-11)8-14(26-20(13)23-5-6-25-29-4)17-18(21)15(27-2)9-16(28-3)19(17)22/h7-10,25H,5-6H2,1-4H3,(H,23,26). The maximum Gasteiger partial charge on any atom is 0.141 e. The van der Waals surface area contributed by atoms with Crippen molar-refractivity contribution in [1.29, 1.82) is 0 Å². The molecule has 2 N–H and O–H groups in total. The van der Waals surface area contributed by atoms with Crippen LogP contribution < -0.4 is 19.5 Å². The van der Waals surface area contributed by atoms with Gasteiger partial charge in [-0.05, 0) is 25.3 Å². The fraction of sp³-hybridized carbons (Fsp3) is 0.300. The first-order valence-corrected chi connectivity index (χ1v) is 10.9. The number of pyridine rings is 2. The molecular weight excluding hydrogens is 431 g/mol. The number of ether oxygens (including phenoxy) is 2. The first-order chi connectivity index (χ1) is 14.0. The molecule has 0 unspecified atom stereocenters. The zero-order valence-electron chi connectivity index (χ0n) is 16.6. The van der Waals surface area contributed by atoms with Crippen molar-refractivity contribution in [3.63, 3.8) is 0 Å². The van der Waals surface area contributed by atoms with E-state index in [1.54, 1.807) is 32.2 Å². The van der Waals surface area contributed by atoms with Crippen LogP contribution in [-0.4, -0.2) is 43.5 Å². The van der Waals surface area contributed by atoms with Crippen molar-refractivity contribution >= 4 is 51.7 Å². The largest absolute Gasteiger partial charge is 0.495 e. The Bertz CT molecular complexity index is 1010. The van der Waals surface area contributed by atoms with Crippen LogP contribution in [0, 0.1) is 6.92 Å². The smallest absolute Gasteiger partial charge is 0.141 e. The minimum Gasteiger partial charge on any atom is -0.495 e. The average Bonchev–Trinajstić information content (AvgIpc) is 2.72. The molecule has 3 aromatic rings. The Hall–Kier alpha value is -1.93. The van der Waals surface area contributed by atoms with E-state index >= 15 is 0 Å². The first kappa shape index (κ1) is 21.8. The molecule has 6 nitrogen and oxygen atoms in total. The lowest BCUT2D eigenvalue weighted by molar-refractivity contribution is 0.395. The van der Waals surface area contributed by atoms with Gasteiger partial charge in [0.05, 0.1) is 30.0 Å². The van der Waals surface area contributed by atoms with Gasteiger partial charge in [-0.25, -0.2) is 4.98 Å². The number of hydrogen-bond acceptors (Lipinski definition) is 7. The highest BCUT2D eigenvalue weighted by Crippen LogP contribution is 2.46. The van der Waals surface area contributed by atoms with E-state index in [0.29, 0.717) is 39.3 Å². The third-order valence-corrected chi connectivity index (χ3v) is 5.59. The van der Waals surface area contributed by atoms with Crippen molar-refractivity contribution in [3.8, 4) is 22.8 Å². The van der Waals surface area contributed by atoms with E-state index in [-0.39, 0.29) is 0 Å². The molecule has 0 saturated heterocycles. The Morgan fingerprint density at radius 2 is 1.72 bits per heavy atom. The second-order valence-electron chi connectivity index (χ2n) is 6.21. The van der Waals surface area contributed by atoms with Crippen molar-refractivity contribution in [2.75, 3.05) is 38.9 Å². The highest BCUT2D eigenvalue weighted by molar-refractivity contribution is 7.96. The maximum absolute atomic E-state index is 6.60. The molecule has 2 heterocycles. The van der Waals surface area contributed by atoms with E-state index in [0.717, 1.165) is 28.8 Å². The Morgan fingerprint density at radius 3 is 2.34 bits per heavy atom. The average molecular weight is 453 g/mol. The van der Waals surface area contributed by atoms with E-state index < -0.39 is 0 Å². The number of rotatable bonds is 8. The van der Waals surface area contributed by atoms with Gasteiger partial charge < -0.3 is 14.8 Å². The summed E-state index contributed by atoms with van der Waals surface area (Å²) in [6, 6.07) is 5.58. The third kappa shape index (κ3) is 4.64. The van der Waals surface area contributed by atoms with Crippen molar-refractivity contribution in [2.24, 2.45) is 0 Å². The second-order valence-corrected chi connectivity index (χ2v) is 7.67. The Labute approximate surface area is 184 Å². The summed E-state index contributed by atoms with van der Waals surface area (Å²) < 4.78 is 14.0. The summed E-state index contributed by atoms with van der Waals surface area (Å²) in [5.74, 6) is 1.66. The van der Waals surface area contributed by atoms with Gasteiger partial charge in [0.1, 0.15) is 17.3 Å². The number of anilines is 1. The fourth-order valence-electron chi connectivity index (χ4n) is 2.96. The summed E-state index contributed by atoms with van der Waals surface area (Å²) in [4.78, 5) is 9.25. The van der Waals surface area contributed by atoms with Crippen molar-refractivity contribution in [2.45, 2.75) is 6.92 Å². The molecule has 0 radical (unpaired) electrons. The number of aromatic nitrogens is 2. The van der Waals surface area contributed by atoms with Gasteiger partial charge in [-0.15, -0.1) is 0 Å². The third-order valence-electron chi connectivity index (χ3n) is 4.34. The number of fused-ring (bicyclic) bond motifs is 1. The molecule has 3 rings (SSSR count). The van der Waals surface area contributed by atoms with E-state index in [9.17, 15) is 0 Å². The lowest BCUT2D eigenvalue weighted by atomic mass is 10.1. The number of nitrogens with zero attached hydrogens (tertiary/aromatic N) is 2. The molecule has 0 aliphatic heterocycles. The van der Waals surface area contributed by atoms with Gasteiger partial charge in [0.2, 0.25) is 0 Å². The van der Waals surface area contributed by atoms with E-state index in [1.807, 2.05) is 31.5 Å². The van der Waals surface area contributed by atoms with E-state index in [4.69, 9.17) is 37.7 Å². The van der Waals surface area contributed by atoms with Crippen LogP contribution in [0.25, 0.3) is 22.0 Å². The summed E-state index contributed by atoms with van der Waals surface area (Å²) in [5, 5.41) is 6.05. The number of hydrogen-bond donors (Lipinski definition) is 2. The molecule has 1 aromatic carbocycles. The lowest BCUT2D eigenvalue weighted by Crippen LogP contribution is -2.16. The van der Waals surface area contributed by atoms with Crippen LogP contribution in [-0.2, 0) is 0 Å². The van der Waals surface area contributed by atoms with Gasteiger partial charge in [-0.1, -0.05) is 35.1 Å². The molecule has 0 aliphatic carbocycles. The van der Waals surface area contributed by atoms with Gasteiger partial charge in [0.25, 0.3) is 0 Å². The summed E-state index contributed by atoms with van der Waals surface area (Å²) >= 11 is 14.8. The molecule has 0 fully saturated rings. The summed E-state index contributed by atoms with van der Waals surface area (Å²) in [6.07, 6.45) is 3.81. The molecule has 0 bridgehead atoms. The van der Waals surface area contributed by atoms with Crippen LogP contribution in [0.4, 0.5) is 5.82 Å². The first-order valence-electron chi connectivity index (χ1n) is 8.87. The predicted molar refractivity (Wildman–Crippen MR) is 123 cm³/mol. The van der Waals surface area contributed by atoms with Crippen LogP contribution in [0.5, 0.6) is 11.5 Å². The Balaban J connectivity index is 2.19. The SMILES string of the molecule is COc1cc(OC)c(Cl)c(-c2cc3cnc(C)cc3c(NCCNSC)n2)c1Cl. The minimum absolute atomic E-state index is 0.375. The van der Waals surface area contributed by atoms with Crippen LogP contribution >= 0.6 is 35.1 Å². The van der Waals surface area contributed by atoms with Crippen molar-refractivity contribution in [3.05, 3.63) is 40.1 Å².